The minimum Gasteiger partial charge on any atom is -0.376 e. The fraction of sp³-hybridized carbons (Fsp3) is 0.192. The van der Waals surface area contributed by atoms with Crippen LogP contribution in [0.2, 0.25) is 0 Å². The van der Waals surface area contributed by atoms with Crippen molar-refractivity contribution in [2.45, 2.75) is 18.9 Å². The van der Waals surface area contributed by atoms with Crippen LogP contribution in [0.1, 0.15) is 23.2 Å². The molecule has 5 rings (SSSR count). The van der Waals surface area contributed by atoms with Gasteiger partial charge in [-0.05, 0) is 55.3 Å². The van der Waals surface area contributed by atoms with Crippen LogP contribution >= 0.6 is 0 Å². The predicted octanol–water partition coefficient (Wildman–Crippen LogP) is 5.05. The summed E-state index contributed by atoms with van der Waals surface area (Å²) in [6.07, 6.45) is 2.08. The fourth-order valence-corrected chi connectivity index (χ4v) is 3.91. The topological polar surface area (TPSA) is 105 Å². The van der Waals surface area contributed by atoms with Gasteiger partial charge in [-0.3, -0.25) is 4.79 Å². The van der Waals surface area contributed by atoms with E-state index in [4.69, 9.17) is 9.26 Å². The number of aromatic nitrogens is 1. The molecule has 0 saturated carbocycles. The molecule has 0 bridgehead atoms. The summed E-state index contributed by atoms with van der Waals surface area (Å²) in [5.74, 6) is 0.371. The minimum atomic E-state index is -0.288. The molecule has 4 aromatic rings. The van der Waals surface area contributed by atoms with E-state index in [0.29, 0.717) is 34.8 Å². The van der Waals surface area contributed by atoms with E-state index >= 15 is 0 Å². The molecule has 1 aromatic heterocycles. The summed E-state index contributed by atoms with van der Waals surface area (Å²) in [5.41, 5.74) is 3.31. The molecule has 2 heterocycles. The molecule has 0 radical (unpaired) electrons. The molecule has 8 heteroatoms. The van der Waals surface area contributed by atoms with Gasteiger partial charge in [0.25, 0.3) is 5.91 Å². The molecule has 3 N–H and O–H groups in total. The van der Waals surface area contributed by atoms with Gasteiger partial charge in [-0.25, -0.2) is 4.79 Å². The largest absolute Gasteiger partial charge is 0.376 e. The number of hydrogen-bond acceptors (Lipinski definition) is 5. The average Bonchev–Trinajstić information content (AvgIpc) is 3.54. The van der Waals surface area contributed by atoms with Crippen molar-refractivity contribution >= 4 is 34.2 Å². The molecule has 8 nitrogen and oxygen atoms in total. The maximum absolute atomic E-state index is 12.8. The zero-order valence-corrected chi connectivity index (χ0v) is 18.4. The molecule has 3 aromatic carbocycles. The third kappa shape index (κ3) is 4.92. The molecule has 1 fully saturated rings. The molecule has 0 aliphatic carbocycles. The number of ether oxygens (including phenoxy) is 1. The Morgan fingerprint density at radius 1 is 0.941 bits per heavy atom. The second-order valence-electron chi connectivity index (χ2n) is 8.11. The van der Waals surface area contributed by atoms with Crippen molar-refractivity contribution in [1.29, 1.82) is 0 Å². The van der Waals surface area contributed by atoms with Crippen LogP contribution in [0.25, 0.3) is 22.2 Å². The van der Waals surface area contributed by atoms with Gasteiger partial charge in [-0.1, -0.05) is 35.5 Å². The number of hydrogen-bond donors (Lipinski definition) is 3. The lowest BCUT2D eigenvalue weighted by molar-refractivity contribution is 0.102. The van der Waals surface area contributed by atoms with E-state index in [9.17, 15) is 9.59 Å². The van der Waals surface area contributed by atoms with Crippen LogP contribution in [0.5, 0.6) is 0 Å². The first-order valence-corrected chi connectivity index (χ1v) is 11.2. The van der Waals surface area contributed by atoms with Crippen LogP contribution in [0.15, 0.2) is 77.3 Å². The van der Waals surface area contributed by atoms with E-state index in [1.165, 1.54) is 0 Å². The Morgan fingerprint density at radius 3 is 2.44 bits per heavy atom. The molecule has 1 atom stereocenters. The van der Waals surface area contributed by atoms with Crippen molar-refractivity contribution in [3.05, 3.63) is 78.4 Å². The molecule has 0 spiro atoms. The summed E-state index contributed by atoms with van der Waals surface area (Å²) in [5, 5.41) is 13.3. The van der Waals surface area contributed by atoms with Gasteiger partial charge >= 0.3 is 6.03 Å². The first-order chi connectivity index (χ1) is 16.7. The zero-order valence-electron chi connectivity index (χ0n) is 18.4. The lowest BCUT2D eigenvalue weighted by Crippen LogP contribution is -2.35. The zero-order chi connectivity index (χ0) is 23.3. The standard InChI is InChI=1S/C26H24N4O4/c31-25(18-8-13-23-22(15-18)24(34-30-23)17-5-2-1-3-6-17)28-19-9-11-20(12-10-19)29-26(32)27-16-21-7-4-14-33-21/h1-3,5-6,8-13,15,21H,4,7,14,16H2,(H,28,31)(H2,27,29,32). The van der Waals surface area contributed by atoms with E-state index in [-0.39, 0.29) is 18.0 Å². The number of amides is 3. The second kappa shape index (κ2) is 9.76. The highest BCUT2D eigenvalue weighted by Crippen LogP contribution is 2.29. The number of urea groups is 1. The van der Waals surface area contributed by atoms with Gasteiger partial charge in [-0.15, -0.1) is 0 Å². The van der Waals surface area contributed by atoms with Crippen LogP contribution in [-0.4, -0.2) is 36.4 Å². The van der Waals surface area contributed by atoms with E-state index in [2.05, 4.69) is 21.1 Å². The number of nitrogens with one attached hydrogen (secondary N) is 3. The molecule has 34 heavy (non-hydrogen) atoms. The molecule has 1 aliphatic heterocycles. The molecule has 1 unspecified atom stereocenters. The van der Waals surface area contributed by atoms with Crippen molar-refractivity contribution in [2.75, 3.05) is 23.8 Å². The Hall–Kier alpha value is -4.17. The highest BCUT2D eigenvalue weighted by molar-refractivity contribution is 6.07. The maximum Gasteiger partial charge on any atom is 0.319 e. The fourth-order valence-electron chi connectivity index (χ4n) is 3.91. The van der Waals surface area contributed by atoms with Gasteiger partial charge in [0.2, 0.25) is 0 Å². The van der Waals surface area contributed by atoms with Gasteiger partial charge in [0.05, 0.1) is 11.5 Å². The smallest absolute Gasteiger partial charge is 0.319 e. The third-order valence-electron chi connectivity index (χ3n) is 5.69. The lowest BCUT2D eigenvalue weighted by Gasteiger charge is -2.12. The van der Waals surface area contributed by atoms with Gasteiger partial charge in [-0.2, -0.15) is 0 Å². The summed E-state index contributed by atoms with van der Waals surface area (Å²) in [6, 6.07) is 21.6. The second-order valence-corrected chi connectivity index (χ2v) is 8.11. The number of nitrogens with zero attached hydrogens (tertiary/aromatic N) is 1. The van der Waals surface area contributed by atoms with Gasteiger partial charge in [0.1, 0.15) is 5.52 Å². The molecule has 3 amide bonds. The SMILES string of the molecule is O=C(NCC1CCCO1)Nc1ccc(NC(=O)c2ccc3noc(-c4ccccc4)c3c2)cc1. The van der Waals surface area contributed by atoms with Crippen LogP contribution in [0.3, 0.4) is 0 Å². The Balaban J connectivity index is 1.22. The molecular weight excluding hydrogens is 432 g/mol. The summed E-state index contributed by atoms with van der Waals surface area (Å²) in [6.45, 7) is 1.24. The summed E-state index contributed by atoms with van der Waals surface area (Å²) >= 11 is 0. The average molecular weight is 457 g/mol. The van der Waals surface area contributed by atoms with Gasteiger partial charge in [0, 0.05) is 35.7 Å². The van der Waals surface area contributed by atoms with Gasteiger partial charge in [0.15, 0.2) is 5.76 Å². The monoisotopic (exact) mass is 456 g/mol. The molecule has 1 saturated heterocycles. The Morgan fingerprint density at radius 2 is 1.71 bits per heavy atom. The maximum atomic E-state index is 12.8. The Kier molecular flexibility index (Phi) is 6.22. The van der Waals surface area contributed by atoms with Crippen molar-refractivity contribution in [1.82, 2.24) is 10.5 Å². The summed E-state index contributed by atoms with van der Waals surface area (Å²) in [4.78, 5) is 24.9. The highest BCUT2D eigenvalue weighted by atomic mass is 16.5. The molecule has 172 valence electrons. The third-order valence-corrected chi connectivity index (χ3v) is 5.69. The quantitative estimate of drug-likeness (QED) is 0.377. The van der Waals surface area contributed by atoms with Crippen LogP contribution in [-0.2, 0) is 4.74 Å². The normalized spacial score (nSPS) is 15.2. The van der Waals surface area contributed by atoms with Crippen LogP contribution in [0, 0.1) is 0 Å². The number of anilines is 2. The first kappa shape index (κ1) is 21.7. The van der Waals surface area contributed by atoms with Crippen molar-refractivity contribution in [2.24, 2.45) is 0 Å². The lowest BCUT2D eigenvalue weighted by atomic mass is 10.1. The number of rotatable bonds is 6. The van der Waals surface area contributed by atoms with Gasteiger partial charge < -0.3 is 25.2 Å². The number of carbonyl (C=O) groups is 2. The number of benzene rings is 3. The molecule has 1 aliphatic rings. The van der Waals surface area contributed by atoms with E-state index < -0.39 is 0 Å². The summed E-state index contributed by atoms with van der Waals surface area (Å²) in [7, 11) is 0. The van der Waals surface area contributed by atoms with E-state index in [1.54, 1.807) is 42.5 Å². The minimum absolute atomic E-state index is 0.0872. The predicted molar refractivity (Wildman–Crippen MR) is 130 cm³/mol. The molecular formula is C26H24N4O4. The van der Waals surface area contributed by atoms with E-state index in [1.807, 2.05) is 30.3 Å². The Bertz CT molecular complexity index is 1300. The van der Waals surface area contributed by atoms with Crippen LogP contribution in [0.4, 0.5) is 16.2 Å². The van der Waals surface area contributed by atoms with E-state index in [0.717, 1.165) is 30.4 Å². The van der Waals surface area contributed by atoms with Crippen molar-refractivity contribution in [3.8, 4) is 11.3 Å². The highest BCUT2D eigenvalue weighted by Gasteiger charge is 2.16. The van der Waals surface area contributed by atoms with Crippen molar-refractivity contribution in [3.63, 3.8) is 0 Å². The number of fused-ring (bicyclic) bond motifs is 1. The Labute approximate surface area is 196 Å². The number of carbonyl (C=O) groups excluding carboxylic acids is 2. The summed E-state index contributed by atoms with van der Waals surface area (Å²) < 4.78 is 11.0. The first-order valence-electron chi connectivity index (χ1n) is 11.2. The van der Waals surface area contributed by atoms with Crippen molar-refractivity contribution < 1.29 is 18.8 Å². The van der Waals surface area contributed by atoms with Crippen LogP contribution < -0.4 is 16.0 Å².